The average Bonchev–Trinajstić information content (AvgIpc) is 2.23. The van der Waals surface area contributed by atoms with Crippen molar-refractivity contribution < 1.29 is 39.5 Å². The predicted octanol–water partition coefficient (Wildman–Crippen LogP) is 2.39. The van der Waals surface area contributed by atoms with E-state index in [1.165, 1.54) is 0 Å². The number of hydrogen-bond acceptors (Lipinski definition) is 5. The van der Waals surface area contributed by atoms with Crippen LogP contribution < -0.4 is 10.5 Å². The van der Waals surface area contributed by atoms with E-state index in [9.17, 15) is 34.8 Å². The molecule has 0 aliphatic rings. The zero-order chi connectivity index (χ0) is 16.6. The van der Waals surface area contributed by atoms with Gasteiger partial charge in [-0.05, 0) is 0 Å². The van der Waals surface area contributed by atoms with Gasteiger partial charge in [0.1, 0.15) is 4.90 Å². The molecule has 5 nitrogen and oxygen atoms in total. The minimum atomic E-state index is -5.28. The van der Waals surface area contributed by atoms with Crippen LogP contribution in [0.25, 0.3) is 0 Å². The lowest BCUT2D eigenvalue weighted by molar-refractivity contribution is -0.275. The lowest BCUT2D eigenvalue weighted by Gasteiger charge is -2.16. The summed E-state index contributed by atoms with van der Waals surface area (Å²) in [5.74, 6) is -1.28. The SMILES string of the molecule is NCc1nc(C(F)(F)F)c(S(=O)(=O)Cl)cc1OC(F)(F)F. The fourth-order valence-corrected chi connectivity index (χ4v) is 2.26. The van der Waals surface area contributed by atoms with E-state index < -0.39 is 50.2 Å². The molecule has 1 heterocycles. The molecule has 120 valence electrons. The first kappa shape index (κ1) is 17.8. The van der Waals surface area contributed by atoms with Crippen molar-refractivity contribution in [3.05, 3.63) is 17.5 Å². The Bertz CT molecular complexity index is 643. The minimum Gasteiger partial charge on any atom is -0.404 e. The highest BCUT2D eigenvalue weighted by molar-refractivity contribution is 8.13. The predicted molar refractivity (Wildman–Crippen MR) is 56.9 cm³/mol. The van der Waals surface area contributed by atoms with Crippen LogP contribution in [0.5, 0.6) is 5.75 Å². The maximum atomic E-state index is 12.7. The second kappa shape index (κ2) is 5.50. The van der Waals surface area contributed by atoms with E-state index in [2.05, 4.69) is 9.72 Å². The largest absolute Gasteiger partial charge is 0.573 e. The highest BCUT2D eigenvalue weighted by atomic mass is 35.7. The summed E-state index contributed by atoms with van der Waals surface area (Å²) in [5, 5.41) is 0. The molecule has 0 aliphatic heterocycles. The number of alkyl halides is 6. The smallest absolute Gasteiger partial charge is 0.404 e. The molecule has 0 radical (unpaired) electrons. The van der Waals surface area contributed by atoms with Crippen LogP contribution in [0.3, 0.4) is 0 Å². The van der Waals surface area contributed by atoms with Crippen molar-refractivity contribution in [1.29, 1.82) is 0 Å². The lowest BCUT2D eigenvalue weighted by atomic mass is 10.2. The van der Waals surface area contributed by atoms with Crippen molar-refractivity contribution in [3.63, 3.8) is 0 Å². The molecule has 0 unspecified atom stereocenters. The van der Waals surface area contributed by atoms with Crippen molar-refractivity contribution in [1.82, 2.24) is 4.98 Å². The molecule has 21 heavy (non-hydrogen) atoms. The van der Waals surface area contributed by atoms with E-state index in [0.717, 1.165) is 0 Å². The molecule has 1 rings (SSSR count). The third kappa shape index (κ3) is 4.61. The molecule has 0 bridgehead atoms. The minimum absolute atomic E-state index is 0.0200. The summed E-state index contributed by atoms with van der Waals surface area (Å²) in [6, 6.07) is -0.0200. The van der Waals surface area contributed by atoms with Crippen LogP contribution >= 0.6 is 10.7 Å². The molecular formula is C8H5ClF6N2O3S. The van der Waals surface area contributed by atoms with Gasteiger partial charge in [0.25, 0.3) is 9.05 Å². The van der Waals surface area contributed by atoms with Gasteiger partial charge in [-0.3, -0.25) is 0 Å². The first-order valence-electron chi connectivity index (χ1n) is 4.77. The standard InChI is InChI=1S/C8H5ClF6N2O3S/c9-21(18,19)5-1-4(20-8(13,14)15)3(2-16)17-6(5)7(10,11)12/h1H,2,16H2. The second-order valence-corrected chi connectivity index (χ2v) is 6.00. The molecule has 13 heteroatoms. The number of halogens is 7. The Hall–Kier alpha value is -1.27. The molecule has 1 aromatic rings. The maximum absolute atomic E-state index is 12.7. The fraction of sp³-hybridized carbons (Fsp3) is 0.375. The van der Waals surface area contributed by atoms with Crippen molar-refractivity contribution in [2.24, 2.45) is 5.73 Å². The Kier molecular flexibility index (Phi) is 4.65. The van der Waals surface area contributed by atoms with Gasteiger partial charge >= 0.3 is 12.5 Å². The highest BCUT2D eigenvalue weighted by Gasteiger charge is 2.41. The Morgan fingerprint density at radius 3 is 2.10 bits per heavy atom. The summed E-state index contributed by atoms with van der Waals surface area (Å²) in [6.45, 7) is -0.850. The molecule has 0 saturated carbocycles. The van der Waals surface area contributed by atoms with Crippen LogP contribution in [0.1, 0.15) is 11.4 Å². The number of ether oxygens (including phenoxy) is 1. The van der Waals surface area contributed by atoms with Crippen molar-refractivity contribution >= 4 is 19.7 Å². The summed E-state index contributed by atoms with van der Waals surface area (Å²) in [4.78, 5) is 1.12. The molecule has 1 aromatic heterocycles. The first-order valence-corrected chi connectivity index (χ1v) is 7.08. The van der Waals surface area contributed by atoms with Crippen LogP contribution in [0.15, 0.2) is 11.0 Å². The topological polar surface area (TPSA) is 82.3 Å². The monoisotopic (exact) mass is 358 g/mol. The highest BCUT2D eigenvalue weighted by Crippen LogP contribution is 2.38. The average molecular weight is 359 g/mol. The Morgan fingerprint density at radius 2 is 1.76 bits per heavy atom. The van der Waals surface area contributed by atoms with E-state index in [1.807, 2.05) is 0 Å². The quantitative estimate of drug-likeness (QED) is 0.662. The van der Waals surface area contributed by atoms with Gasteiger partial charge < -0.3 is 10.5 Å². The van der Waals surface area contributed by atoms with Crippen molar-refractivity contribution in [3.8, 4) is 5.75 Å². The van der Waals surface area contributed by atoms with Gasteiger partial charge in [-0.1, -0.05) is 0 Å². The summed E-state index contributed by atoms with van der Waals surface area (Å²) < 4.78 is 99.9. The zero-order valence-electron chi connectivity index (χ0n) is 9.59. The number of hydrogen-bond donors (Lipinski definition) is 1. The van der Waals surface area contributed by atoms with Gasteiger partial charge in [0.15, 0.2) is 11.4 Å². The fourth-order valence-electron chi connectivity index (χ4n) is 1.26. The summed E-state index contributed by atoms with van der Waals surface area (Å²) in [7, 11) is -0.245. The molecule has 0 fully saturated rings. The normalized spacial score (nSPS) is 13.3. The van der Waals surface area contributed by atoms with Crippen LogP contribution in [0.2, 0.25) is 0 Å². The molecular weight excluding hydrogens is 354 g/mol. The van der Waals surface area contributed by atoms with E-state index >= 15 is 0 Å². The van der Waals surface area contributed by atoms with Gasteiger partial charge in [-0.2, -0.15) is 13.2 Å². The summed E-state index contributed by atoms with van der Waals surface area (Å²) in [6.07, 6.45) is -10.5. The van der Waals surface area contributed by atoms with Gasteiger partial charge in [-0.25, -0.2) is 13.4 Å². The van der Waals surface area contributed by atoms with Crippen molar-refractivity contribution in [2.45, 2.75) is 24.0 Å². The molecule has 0 aromatic carbocycles. The van der Waals surface area contributed by atoms with Crippen LogP contribution in [-0.2, 0) is 21.8 Å². The van der Waals surface area contributed by atoms with E-state index in [0.29, 0.717) is 0 Å². The molecule has 0 saturated heterocycles. The summed E-state index contributed by atoms with van der Waals surface area (Å²) >= 11 is 0. The van der Waals surface area contributed by atoms with Crippen molar-refractivity contribution in [2.75, 3.05) is 0 Å². The number of nitrogens with two attached hydrogens (primary N) is 1. The number of aromatic nitrogens is 1. The maximum Gasteiger partial charge on any atom is 0.573 e. The Labute approximate surface area is 118 Å². The summed E-state index contributed by atoms with van der Waals surface area (Å²) in [5.41, 5.74) is 2.07. The van der Waals surface area contributed by atoms with E-state index in [-0.39, 0.29) is 6.07 Å². The third-order valence-corrected chi connectivity index (χ3v) is 3.31. The first-order chi connectivity index (χ1) is 9.25. The molecule has 0 spiro atoms. The van der Waals surface area contributed by atoms with Gasteiger partial charge in [0.05, 0.1) is 5.69 Å². The molecule has 0 aliphatic carbocycles. The Balaban J connectivity index is 3.65. The van der Waals surface area contributed by atoms with Gasteiger partial charge in [0.2, 0.25) is 0 Å². The lowest BCUT2D eigenvalue weighted by Crippen LogP contribution is -2.22. The molecule has 0 atom stereocenters. The number of pyridine rings is 1. The second-order valence-electron chi connectivity index (χ2n) is 3.47. The van der Waals surface area contributed by atoms with E-state index in [4.69, 9.17) is 16.4 Å². The zero-order valence-corrected chi connectivity index (χ0v) is 11.2. The van der Waals surface area contributed by atoms with Crippen LogP contribution in [0.4, 0.5) is 26.3 Å². The Morgan fingerprint density at radius 1 is 1.24 bits per heavy atom. The molecule has 0 amide bonds. The molecule has 2 N–H and O–H groups in total. The van der Waals surface area contributed by atoms with E-state index in [1.54, 1.807) is 0 Å². The third-order valence-electron chi connectivity index (χ3n) is 1.98. The van der Waals surface area contributed by atoms with Gasteiger partial charge in [-0.15, -0.1) is 13.2 Å². The van der Waals surface area contributed by atoms with Crippen LogP contribution in [0, 0.1) is 0 Å². The number of rotatable bonds is 3. The number of nitrogens with zero attached hydrogens (tertiary/aromatic N) is 1. The van der Waals surface area contributed by atoms with Gasteiger partial charge in [0, 0.05) is 23.3 Å². The van der Waals surface area contributed by atoms with Crippen LogP contribution in [-0.4, -0.2) is 19.8 Å².